The van der Waals surface area contributed by atoms with Crippen LogP contribution < -0.4 is 9.47 Å². The Labute approximate surface area is 151 Å². The zero-order valence-corrected chi connectivity index (χ0v) is 14.8. The lowest BCUT2D eigenvalue weighted by atomic mass is 9.96. The summed E-state index contributed by atoms with van der Waals surface area (Å²) in [5.74, 6) is 1.01. The van der Waals surface area contributed by atoms with Crippen molar-refractivity contribution in [3.63, 3.8) is 0 Å². The number of nitro benzene ring substituents is 1. The Morgan fingerprint density at radius 1 is 1.19 bits per heavy atom. The van der Waals surface area contributed by atoms with Crippen LogP contribution in [0.25, 0.3) is 6.08 Å². The van der Waals surface area contributed by atoms with Crippen LogP contribution in [0.3, 0.4) is 0 Å². The molecule has 1 heterocycles. The fraction of sp³-hybridized carbons (Fsp3) is 0.250. The van der Waals surface area contributed by atoms with Crippen molar-refractivity contribution in [3.8, 4) is 11.5 Å². The molecule has 0 unspecified atom stereocenters. The van der Waals surface area contributed by atoms with Gasteiger partial charge >= 0.3 is 0 Å². The molecule has 0 radical (unpaired) electrons. The van der Waals surface area contributed by atoms with Gasteiger partial charge in [-0.3, -0.25) is 14.9 Å². The number of rotatable bonds is 5. The van der Waals surface area contributed by atoms with Crippen LogP contribution in [0.1, 0.15) is 35.3 Å². The molecule has 0 aliphatic carbocycles. The van der Waals surface area contributed by atoms with Gasteiger partial charge in [0.1, 0.15) is 17.1 Å². The van der Waals surface area contributed by atoms with E-state index >= 15 is 0 Å². The van der Waals surface area contributed by atoms with Gasteiger partial charge in [0, 0.05) is 18.6 Å². The zero-order valence-electron chi connectivity index (χ0n) is 14.8. The van der Waals surface area contributed by atoms with E-state index in [1.54, 1.807) is 24.3 Å². The second kappa shape index (κ2) is 6.63. The van der Waals surface area contributed by atoms with E-state index < -0.39 is 10.5 Å². The normalized spacial score (nSPS) is 14.3. The van der Waals surface area contributed by atoms with Gasteiger partial charge in [0.15, 0.2) is 5.78 Å². The fourth-order valence-corrected chi connectivity index (χ4v) is 2.89. The Bertz CT molecular complexity index is 897. The maximum absolute atomic E-state index is 12.7. The first-order valence-electron chi connectivity index (χ1n) is 8.16. The van der Waals surface area contributed by atoms with E-state index in [1.807, 2.05) is 26.0 Å². The number of benzene rings is 2. The largest absolute Gasteiger partial charge is 0.495 e. The molecule has 1 aliphatic heterocycles. The van der Waals surface area contributed by atoms with Crippen LogP contribution in [0.4, 0.5) is 5.69 Å². The highest BCUT2D eigenvalue weighted by molar-refractivity contribution is 6.01. The van der Waals surface area contributed by atoms with Gasteiger partial charge in [-0.25, -0.2) is 0 Å². The van der Waals surface area contributed by atoms with Gasteiger partial charge in [-0.2, -0.15) is 0 Å². The van der Waals surface area contributed by atoms with Gasteiger partial charge in [-0.15, -0.1) is 0 Å². The van der Waals surface area contributed by atoms with Crippen molar-refractivity contribution in [2.45, 2.75) is 25.9 Å². The third kappa shape index (κ3) is 3.44. The number of non-ortho nitro benzene ring substituents is 1. The van der Waals surface area contributed by atoms with Gasteiger partial charge < -0.3 is 9.47 Å². The number of ketones is 1. The molecule has 0 aromatic heterocycles. The Kier molecular flexibility index (Phi) is 4.50. The molecule has 0 saturated carbocycles. The van der Waals surface area contributed by atoms with Crippen molar-refractivity contribution in [1.82, 2.24) is 0 Å². The van der Waals surface area contributed by atoms with Gasteiger partial charge in [-0.05, 0) is 43.7 Å². The van der Waals surface area contributed by atoms with E-state index in [4.69, 9.17) is 9.47 Å². The van der Waals surface area contributed by atoms with Crippen LogP contribution in [0.5, 0.6) is 11.5 Å². The molecule has 0 spiro atoms. The van der Waals surface area contributed by atoms with Crippen LogP contribution in [0.15, 0.2) is 42.5 Å². The minimum Gasteiger partial charge on any atom is -0.495 e. The highest BCUT2D eigenvalue weighted by Gasteiger charge is 2.26. The predicted molar refractivity (Wildman–Crippen MR) is 97.9 cm³/mol. The molecule has 2 aromatic rings. The molecular formula is C20H19NO5. The smallest absolute Gasteiger partial charge is 0.269 e. The van der Waals surface area contributed by atoms with Crippen LogP contribution in [0.2, 0.25) is 0 Å². The van der Waals surface area contributed by atoms with Gasteiger partial charge in [0.05, 0.1) is 23.2 Å². The molecule has 3 rings (SSSR count). The average molecular weight is 353 g/mol. The van der Waals surface area contributed by atoms with Crippen molar-refractivity contribution in [3.05, 3.63) is 69.3 Å². The summed E-state index contributed by atoms with van der Waals surface area (Å²) in [6, 6.07) is 9.43. The molecular weight excluding hydrogens is 334 g/mol. The third-order valence-corrected chi connectivity index (χ3v) is 4.20. The summed E-state index contributed by atoms with van der Waals surface area (Å²) >= 11 is 0. The molecule has 6 heteroatoms. The summed E-state index contributed by atoms with van der Waals surface area (Å²) in [4.78, 5) is 23.0. The molecule has 0 atom stereocenters. The summed E-state index contributed by atoms with van der Waals surface area (Å²) in [5, 5.41) is 10.7. The van der Waals surface area contributed by atoms with Gasteiger partial charge in [0.25, 0.3) is 5.69 Å². The van der Waals surface area contributed by atoms with Crippen molar-refractivity contribution >= 4 is 17.5 Å². The fourth-order valence-electron chi connectivity index (χ4n) is 2.89. The van der Waals surface area contributed by atoms with E-state index in [9.17, 15) is 14.9 Å². The number of hydrogen-bond donors (Lipinski definition) is 0. The number of Topliss-reactive ketones (excluding diaryl/α,β-unsaturated/α-hetero) is 1. The van der Waals surface area contributed by atoms with Crippen molar-refractivity contribution in [2.24, 2.45) is 0 Å². The first kappa shape index (κ1) is 17.7. The highest BCUT2D eigenvalue weighted by atomic mass is 16.6. The zero-order chi connectivity index (χ0) is 18.9. The highest BCUT2D eigenvalue weighted by Crippen LogP contribution is 2.39. The van der Waals surface area contributed by atoms with Crippen LogP contribution in [-0.2, 0) is 6.42 Å². The summed E-state index contributed by atoms with van der Waals surface area (Å²) in [7, 11) is 1.52. The summed E-state index contributed by atoms with van der Waals surface area (Å²) in [6.45, 7) is 3.90. The van der Waals surface area contributed by atoms with E-state index in [2.05, 4.69) is 0 Å². The standard InChI is InChI=1S/C20H19NO5/c1-20(2)11-10-16-18(26-20)9-8-15(19(16)25-3)17(22)12-13-4-6-14(7-5-13)21(23)24/h4-11H,12H2,1-3H3. The van der Waals surface area contributed by atoms with Gasteiger partial charge in [-0.1, -0.05) is 12.1 Å². The molecule has 0 amide bonds. The Morgan fingerprint density at radius 2 is 1.88 bits per heavy atom. The number of hydrogen-bond acceptors (Lipinski definition) is 5. The molecule has 2 aromatic carbocycles. The number of carbonyl (C=O) groups excluding carboxylic acids is 1. The van der Waals surface area contributed by atoms with E-state index in [0.29, 0.717) is 22.6 Å². The summed E-state index contributed by atoms with van der Waals surface area (Å²) < 4.78 is 11.4. The maximum atomic E-state index is 12.7. The van der Waals surface area contributed by atoms with Crippen LogP contribution >= 0.6 is 0 Å². The Morgan fingerprint density at radius 3 is 2.50 bits per heavy atom. The van der Waals surface area contributed by atoms with Crippen LogP contribution in [-0.4, -0.2) is 23.4 Å². The molecule has 26 heavy (non-hydrogen) atoms. The maximum Gasteiger partial charge on any atom is 0.269 e. The monoisotopic (exact) mass is 353 g/mol. The number of fused-ring (bicyclic) bond motifs is 1. The molecule has 1 aliphatic rings. The first-order chi connectivity index (χ1) is 12.3. The summed E-state index contributed by atoms with van der Waals surface area (Å²) in [5.41, 5.74) is 1.48. The topological polar surface area (TPSA) is 78.7 Å². The van der Waals surface area contributed by atoms with E-state index in [0.717, 1.165) is 5.56 Å². The van der Waals surface area contributed by atoms with E-state index in [-0.39, 0.29) is 17.9 Å². The number of nitrogens with zero attached hydrogens (tertiary/aromatic N) is 1. The van der Waals surface area contributed by atoms with Crippen molar-refractivity contribution in [2.75, 3.05) is 7.11 Å². The molecule has 0 N–H and O–H groups in total. The molecule has 6 nitrogen and oxygen atoms in total. The van der Waals surface area contributed by atoms with Crippen molar-refractivity contribution in [1.29, 1.82) is 0 Å². The van der Waals surface area contributed by atoms with E-state index in [1.165, 1.54) is 19.2 Å². The lowest BCUT2D eigenvalue weighted by Gasteiger charge is -2.29. The number of carbonyl (C=O) groups is 1. The van der Waals surface area contributed by atoms with Crippen molar-refractivity contribution < 1.29 is 19.2 Å². The quantitative estimate of drug-likeness (QED) is 0.457. The lowest BCUT2D eigenvalue weighted by molar-refractivity contribution is -0.384. The van der Waals surface area contributed by atoms with Gasteiger partial charge in [0.2, 0.25) is 0 Å². The molecule has 0 bridgehead atoms. The molecule has 0 saturated heterocycles. The Balaban J connectivity index is 1.89. The predicted octanol–water partition coefficient (Wildman–Crippen LogP) is 4.21. The second-order valence-corrected chi connectivity index (χ2v) is 6.62. The number of ether oxygens (including phenoxy) is 2. The minimum atomic E-state index is -0.466. The SMILES string of the molecule is COc1c(C(=O)Cc2ccc([N+](=O)[O-])cc2)ccc2c1C=CC(C)(C)O2. The molecule has 0 fully saturated rings. The molecule has 134 valence electrons. The van der Waals surface area contributed by atoms with Crippen LogP contribution in [0, 0.1) is 10.1 Å². The summed E-state index contributed by atoms with van der Waals surface area (Å²) in [6.07, 6.45) is 3.95. The number of methoxy groups -OCH3 is 1. The lowest BCUT2D eigenvalue weighted by Crippen LogP contribution is -2.27. The Hall–Kier alpha value is -3.15. The third-order valence-electron chi connectivity index (χ3n) is 4.20. The average Bonchev–Trinajstić information content (AvgIpc) is 2.60. The number of nitro groups is 1. The second-order valence-electron chi connectivity index (χ2n) is 6.62. The minimum absolute atomic E-state index is 0.00235. The first-order valence-corrected chi connectivity index (χ1v) is 8.16.